The van der Waals surface area contributed by atoms with Gasteiger partial charge in [0.2, 0.25) is 0 Å². The van der Waals surface area contributed by atoms with Gasteiger partial charge < -0.3 is 14.6 Å². The number of fused-ring (bicyclic) bond motifs is 1. The third-order valence-electron chi connectivity index (χ3n) is 4.02. The van der Waals surface area contributed by atoms with Crippen LogP contribution in [0.1, 0.15) is 35.5 Å². The van der Waals surface area contributed by atoms with E-state index >= 15 is 0 Å². The summed E-state index contributed by atoms with van der Waals surface area (Å²) in [4.78, 5) is 16.1. The largest absolute Gasteiger partial charge is 0.493 e. The average Bonchev–Trinajstić information content (AvgIpc) is 2.66. The number of carboxylic acid groups (broad SMARTS) is 1. The minimum Gasteiger partial charge on any atom is -0.493 e. The van der Waals surface area contributed by atoms with Gasteiger partial charge in [-0.1, -0.05) is 35.9 Å². The second-order valence-electron chi connectivity index (χ2n) is 6.45. The standard InChI is InChI=1S/C22H20ClNO4/c1-13(2)28-21-18(23)10-14(11-20(21)27-3)8-9-15-12-17(22(25)26)16-6-4-5-7-19(16)24-15/h4-13H,1-3H3,(H,25,26)/b9-8+. The van der Waals surface area contributed by atoms with Crippen LogP contribution in [-0.4, -0.2) is 29.3 Å². The number of benzene rings is 2. The highest BCUT2D eigenvalue weighted by Gasteiger charge is 2.13. The van der Waals surface area contributed by atoms with Crippen LogP contribution in [0.4, 0.5) is 0 Å². The normalized spacial score (nSPS) is 11.3. The van der Waals surface area contributed by atoms with E-state index in [2.05, 4.69) is 4.98 Å². The number of aromatic nitrogens is 1. The Balaban J connectivity index is 2.00. The molecule has 0 unspecified atom stereocenters. The van der Waals surface area contributed by atoms with Crippen LogP contribution in [0.3, 0.4) is 0 Å². The molecule has 0 aliphatic carbocycles. The summed E-state index contributed by atoms with van der Waals surface area (Å²) in [7, 11) is 1.55. The maximum atomic E-state index is 11.6. The van der Waals surface area contributed by atoms with Crippen LogP contribution in [0.5, 0.6) is 11.5 Å². The number of aromatic carboxylic acids is 1. The summed E-state index contributed by atoms with van der Waals surface area (Å²) in [5.41, 5.74) is 2.15. The molecule has 0 amide bonds. The number of pyridine rings is 1. The van der Waals surface area contributed by atoms with Gasteiger partial charge in [0.15, 0.2) is 11.5 Å². The summed E-state index contributed by atoms with van der Waals surface area (Å²) >= 11 is 6.35. The maximum absolute atomic E-state index is 11.6. The van der Waals surface area contributed by atoms with Gasteiger partial charge in [-0.15, -0.1) is 0 Å². The summed E-state index contributed by atoms with van der Waals surface area (Å²) < 4.78 is 11.1. The molecule has 1 N–H and O–H groups in total. The highest BCUT2D eigenvalue weighted by molar-refractivity contribution is 6.32. The molecule has 0 saturated carbocycles. The molecule has 3 rings (SSSR count). The Kier molecular flexibility index (Phi) is 5.85. The number of hydrogen-bond donors (Lipinski definition) is 1. The first-order chi connectivity index (χ1) is 13.4. The fourth-order valence-electron chi connectivity index (χ4n) is 2.83. The van der Waals surface area contributed by atoms with Crippen molar-refractivity contribution in [2.24, 2.45) is 0 Å². The molecule has 0 spiro atoms. The molecule has 144 valence electrons. The van der Waals surface area contributed by atoms with E-state index < -0.39 is 5.97 Å². The molecule has 2 aromatic carbocycles. The Morgan fingerprint density at radius 3 is 2.61 bits per heavy atom. The molecule has 5 nitrogen and oxygen atoms in total. The lowest BCUT2D eigenvalue weighted by Crippen LogP contribution is -2.07. The molecule has 0 aliphatic rings. The van der Waals surface area contributed by atoms with Crippen LogP contribution in [0.15, 0.2) is 42.5 Å². The van der Waals surface area contributed by atoms with Crippen LogP contribution < -0.4 is 9.47 Å². The summed E-state index contributed by atoms with van der Waals surface area (Å²) in [6.07, 6.45) is 3.51. The molecule has 0 atom stereocenters. The molecule has 0 saturated heterocycles. The predicted octanol–water partition coefficient (Wildman–Crippen LogP) is 5.55. The summed E-state index contributed by atoms with van der Waals surface area (Å²) in [6.45, 7) is 3.82. The smallest absolute Gasteiger partial charge is 0.336 e. The first kappa shape index (κ1) is 19.7. The van der Waals surface area contributed by atoms with Crippen LogP contribution in [0.2, 0.25) is 5.02 Å². The molecular weight excluding hydrogens is 378 g/mol. The number of methoxy groups -OCH3 is 1. The fourth-order valence-corrected chi connectivity index (χ4v) is 3.09. The molecule has 0 bridgehead atoms. The quantitative estimate of drug-likeness (QED) is 0.590. The van der Waals surface area contributed by atoms with Crippen molar-refractivity contribution >= 4 is 40.6 Å². The van der Waals surface area contributed by atoms with E-state index in [9.17, 15) is 9.90 Å². The van der Waals surface area contributed by atoms with Gasteiger partial charge in [-0.25, -0.2) is 9.78 Å². The van der Waals surface area contributed by atoms with Crippen molar-refractivity contribution in [1.82, 2.24) is 4.98 Å². The van der Waals surface area contributed by atoms with Gasteiger partial charge in [0, 0.05) is 5.39 Å². The van der Waals surface area contributed by atoms with Crippen molar-refractivity contribution in [3.8, 4) is 11.5 Å². The summed E-state index contributed by atoms with van der Waals surface area (Å²) in [6, 6.07) is 12.3. The lowest BCUT2D eigenvalue weighted by atomic mass is 10.1. The van der Waals surface area contributed by atoms with Crippen molar-refractivity contribution in [2.45, 2.75) is 20.0 Å². The van der Waals surface area contributed by atoms with E-state index in [-0.39, 0.29) is 11.7 Å². The molecule has 0 fully saturated rings. The number of carboxylic acids is 1. The Bertz CT molecular complexity index is 1060. The number of nitrogens with zero attached hydrogens (tertiary/aromatic N) is 1. The van der Waals surface area contributed by atoms with Gasteiger partial charge in [-0.2, -0.15) is 0 Å². The number of ether oxygens (including phenoxy) is 2. The van der Waals surface area contributed by atoms with Crippen molar-refractivity contribution < 1.29 is 19.4 Å². The van der Waals surface area contributed by atoms with Gasteiger partial charge in [0.05, 0.1) is 35.0 Å². The number of rotatable bonds is 6. The van der Waals surface area contributed by atoms with Crippen LogP contribution >= 0.6 is 11.6 Å². The van der Waals surface area contributed by atoms with E-state index in [1.165, 1.54) is 0 Å². The zero-order valence-electron chi connectivity index (χ0n) is 15.8. The van der Waals surface area contributed by atoms with Crippen molar-refractivity contribution in [1.29, 1.82) is 0 Å². The Labute approximate surface area is 168 Å². The second-order valence-corrected chi connectivity index (χ2v) is 6.86. The molecule has 6 heteroatoms. The van der Waals surface area contributed by atoms with Crippen molar-refractivity contribution in [3.05, 3.63) is 64.3 Å². The predicted molar refractivity (Wildman–Crippen MR) is 111 cm³/mol. The first-order valence-electron chi connectivity index (χ1n) is 8.74. The van der Waals surface area contributed by atoms with Crippen molar-refractivity contribution in [3.63, 3.8) is 0 Å². The maximum Gasteiger partial charge on any atom is 0.336 e. The third kappa shape index (κ3) is 4.26. The Hall–Kier alpha value is -3.05. The van der Waals surface area contributed by atoms with Crippen molar-refractivity contribution in [2.75, 3.05) is 7.11 Å². The highest BCUT2D eigenvalue weighted by atomic mass is 35.5. The summed E-state index contributed by atoms with van der Waals surface area (Å²) in [5, 5.41) is 10.5. The van der Waals surface area contributed by atoms with E-state index in [4.69, 9.17) is 21.1 Å². The van der Waals surface area contributed by atoms with Crippen LogP contribution in [0.25, 0.3) is 23.1 Å². The summed E-state index contributed by atoms with van der Waals surface area (Å²) in [5.74, 6) is 0.0278. The molecule has 3 aromatic rings. The molecular formula is C22H20ClNO4. The average molecular weight is 398 g/mol. The highest BCUT2D eigenvalue weighted by Crippen LogP contribution is 2.37. The van der Waals surface area contributed by atoms with E-state index in [0.29, 0.717) is 33.1 Å². The molecule has 28 heavy (non-hydrogen) atoms. The molecule has 0 radical (unpaired) electrons. The number of carbonyl (C=O) groups is 1. The lowest BCUT2D eigenvalue weighted by molar-refractivity contribution is 0.0699. The molecule has 1 heterocycles. The molecule has 0 aliphatic heterocycles. The zero-order chi connectivity index (χ0) is 20.3. The first-order valence-corrected chi connectivity index (χ1v) is 9.12. The van der Waals surface area contributed by atoms with E-state index in [1.807, 2.05) is 19.9 Å². The van der Waals surface area contributed by atoms with Gasteiger partial charge in [-0.3, -0.25) is 0 Å². The van der Waals surface area contributed by atoms with E-state index in [1.54, 1.807) is 55.7 Å². The van der Waals surface area contributed by atoms with Gasteiger partial charge >= 0.3 is 5.97 Å². The topological polar surface area (TPSA) is 68.7 Å². The second kappa shape index (κ2) is 8.31. The Morgan fingerprint density at radius 2 is 1.93 bits per heavy atom. The van der Waals surface area contributed by atoms with Crippen LogP contribution in [0, 0.1) is 0 Å². The zero-order valence-corrected chi connectivity index (χ0v) is 16.5. The van der Waals surface area contributed by atoms with Gasteiger partial charge in [-0.05, 0) is 49.8 Å². The van der Waals surface area contributed by atoms with Crippen LogP contribution in [-0.2, 0) is 0 Å². The minimum absolute atomic E-state index is 0.0379. The SMILES string of the molecule is COc1cc(/C=C/c2cc(C(=O)O)c3ccccc3n2)cc(Cl)c1OC(C)C. The monoisotopic (exact) mass is 397 g/mol. The van der Waals surface area contributed by atoms with Gasteiger partial charge in [0.1, 0.15) is 0 Å². The van der Waals surface area contributed by atoms with E-state index in [0.717, 1.165) is 5.56 Å². The number of halogens is 1. The number of para-hydroxylation sites is 1. The Morgan fingerprint density at radius 1 is 1.18 bits per heavy atom. The minimum atomic E-state index is -0.992. The van der Waals surface area contributed by atoms with Gasteiger partial charge in [0.25, 0.3) is 0 Å². The lowest BCUT2D eigenvalue weighted by Gasteiger charge is -2.15. The fraction of sp³-hybridized carbons (Fsp3) is 0.182. The third-order valence-corrected chi connectivity index (χ3v) is 4.30. The molecule has 1 aromatic heterocycles. The number of hydrogen-bond acceptors (Lipinski definition) is 4.